The standard InChI is InChI=1S/C22H24F2N4O5S.ClH/c1-5-26(6-2)7-8-27(22-25-20-15(24)9-13(23)10-19(20)34-22)21(29)14-11-17(32-3)18(33-4)12-16(14)28(30)31;/h9-12H,5-8H2,1-4H3;1H. The molecule has 0 atom stereocenters. The molecule has 1 aromatic heterocycles. The van der Waals surface area contributed by atoms with Gasteiger partial charge in [0.2, 0.25) is 0 Å². The lowest BCUT2D eigenvalue weighted by atomic mass is 10.1. The SMILES string of the molecule is CCN(CC)CCN(C(=O)c1cc(OC)c(OC)cc1[N+](=O)[O-])c1nc2c(F)cc(F)cc2s1.Cl. The van der Waals surface area contributed by atoms with Crippen LogP contribution in [0.1, 0.15) is 24.2 Å². The Morgan fingerprint density at radius 1 is 1.09 bits per heavy atom. The monoisotopic (exact) mass is 530 g/mol. The second-order valence-electron chi connectivity index (χ2n) is 7.20. The maximum atomic E-state index is 14.3. The topological polar surface area (TPSA) is 98.0 Å². The second-order valence-corrected chi connectivity index (χ2v) is 8.21. The number of rotatable bonds is 10. The third-order valence-corrected chi connectivity index (χ3v) is 6.37. The number of aromatic nitrogens is 1. The lowest BCUT2D eigenvalue weighted by Gasteiger charge is -2.25. The average molecular weight is 531 g/mol. The van der Waals surface area contributed by atoms with Crippen LogP contribution >= 0.6 is 23.7 Å². The molecule has 3 aromatic rings. The number of nitro groups is 1. The predicted molar refractivity (Wildman–Crippen MR) is 132 cm³/mol. The highest BCUT2D eigenvalue weighted by Gasteiger charge is 2.30. The highest BCUT2D eigenvalue weighted by molar-refractivity contribution is 7.22. The Kier molecular flexibility index (Phi) is 9.69. The van der Waals surface area contributed by atoms with Gasteiger partial charge in [0.15, 0.2) is 22.4 Å². The molecule has 0 aliphatic carbocycles. The lowest BCUT2D eigenvalue weighted by Crippen LogP contribution is -2.39. The van der Waals surface area contributed by atoms with Crippen LogP contribution in [0.25, 0.3) is 10.2 Å². The smallest absolute Gasteiger partial charge is 0.286 e. The molecule has 0 radical (unpaired) electrons. The quantitative estimate of drug-likeness (QED) is 0.271. The van der Waals surface area contributed by atoms with E-state index >= 15 is 0 Å². The van der Waals surface area contributed by atoms with Crippen molar-refractivity contribution < 1.29 is 28.0 Å². The molecule has 0 spiro atoms. The molecule has 1 amide bonds. The summed E-state index contributed by atoms with van der Waals surface area (Å²) in [5.74, 6) is -2.11. The number of fused-ring (bicyclic) bond motifs is 1. The van der Waals surface area contributed by atoms with Crippen LogP contribution < -0.4 is 14.4 Å². The van der Waals surface area contributed by atoms with E-state index in [9.17, 15) is 23.7 Å². The van der Waals surface area contributed by atoms with Gasteiger partial charge in [0.1, 0.15) is 16.9 Å². The summed E-state index contributed by atoms with van der Waals surface area (Å²) in [7, 11) is 2.68. The number of likely N-dealkylation sites (N-methyl/N-ethyl adjacent to an activating group) is 1. The Balaban J connectivity index is 0.00000432. The summed E-state index contributed by atoms with van der Waals surface area (Å²) >= 11 is 0.925. The Morgan fingerprint density at radius 3 is 2.29 bits per heavy atom. The summed E-state index contributed by atoms with van der Waals surface area (Å²) in [6, 6.07) is 4.19. The highest BCUT2D eigenvalue weighted by atomic mass is 35.5. The van der Waals surface area contributed by atoms with Crippen molar-refractivity contribution in [1.82, 2.24) is 9.88 Å². The molecule has 3 rings (SSSR count). The molecule has 0 unspecified atom stereocenters. The molecule has 9 nitrogen and oxygen atoms in total. The number of halogens is 3. The van der Waals surface area contributed by atoms with Crippen LogP contribution in [0.5, 0.6) is 11.5 Å². The van der Waals surface area contributed by atoms with Crippen molar-refractivity contribution in [3.05, 3.63) is 51.6 Å². The number of hydrogen-bond acceptors (Lipinski definition) is 8. The predicted octanol–water partition coefficient (Wildman–Crippen LogP) is 4.91. The molecule has 1 heterocycles. The Morgan fingerprint density at radius 2 is 1.71 bits per heavy atom. The van der Waals surface area contributed by atoms with Gasteiger partial charge in [0.25, 0.3) is 11.6 Å². The summed E-state index contributed by atoms with van der Waals surface area (Å²) in [6.45, 7) is 5.92. The first-order chi connectivity index (χ1) is 16.2. The normalized spacial score (nSPS) is 10.8. The summed E-state index contributed by atoms with van der Waals surface area (Å²) in [5.41, 5.74) is -0.800. The van der Waals surface area contributed by atoms with E-state index < -0.39 is 28.2 Å². The van der Waals surface area contributed by atoms with E-state index in [-0.39, 0.29) is 51.4 Å². The van der Waals surface area contributed by atoms with E-state index in [0.717, 1.165) is 23.5 Å². The third-order valence-electron chi connectivity index (χ3n) is 5.34. The number of carbonyl (C=O) groups is 1. The van der Waals surface area contributed by atoms with Crippen molar-refractivity contribution in [3.8, 4) is 11.5 Å². The van der Waals surface area contributed by atoms with Gasteiger partial charge in [-0.3, -0.25) is 19.8 Å². The fraction of sp³-hybridized carbons (Fsp3) is 0.364. The number of nitrogens with zero attached hydrogens (tertiary/aromatic N) is 4. The first-order valence-corrected chi connectivity index (χ1v) is 11.3. The van der Waals surface area contributed by atoms with E-state index in [1.807, 2.05) is 13.8 Å². The van der Waals surface area contributed by atoms with Gasteiger partial charge >= 0.3 is 0 Å². The number of ether oxygens (including phenoxy) is 2. The van der Waals surface area contributed by atoms with Crippen molar-refractivity contribution in [1.29, 1.82) is 0 Å². The number of nitro benzene ring substituents is 1. The van der Waals surface area contributed by atoms with Crippen LogP contribution in [0.4, 0.5) is 19.6 Å². The van der Waals surface area contributed by atoms with Gasteiger partial charge in [-0.05, 0) is 19.2 Å². The van der Waals surface area contributed by atoms with Crippen molar-refractivity contribution in [2.24, 2.45) is 0 Å². The lowest BCUT2D eigenvalue weighted by molar-refractivity contribution is -0.385. The van der Waals surface area contributed by atoms with Gasteiger partial charge < -0.3 is 14.4 Å². The summed E-state index contributed by atoms with van der Waals surface area (Å²) < 4.78 is 38.6. The third kappa shape index (κ3) is 5.95. The Bertz CT molecular complexity index is 1220. The fourth-order valence-electron chi connectivity index (χ4n) is 3.46. The maximum absolute atomic E-state index is 14.3. The van der Waals surface area contributed by atoms with E-state index in [1.165, 1.54) is 25.2 Å². The molecule has 0 saturated heterocycles. The summed E-state index contributed by atoms with van der Waals surface area (Å²) in [6.07, 6.45) is 0. The largest absolute Gasteiger partial charge is 0.493 e. The molecule has 0 aliphatic heterocycles. The van der Waals surface area contributed by atoms with E-state index in [2.05, 4.69) is 9.88 Å². The first kappa shape index (κ1) is 28.1. The molecule has 0 aliphatic rings. The van der Waals surface area contributed by atoms with Crippen LogP contribution in [0.3, 0.4) is 0 Å². The van der Waals surface area contributed by atoms with Crippen molar-refractivity contribution in [3.63, 3.8) is 0 Å². The molecule has 35 heavy (non-hydrogen) atoms. The molecule has 190 valence electrons. The molecule has 0 fully saturated rings. The molecule has 2 aromatic carbocycles. The van der Waals surface area contributed by atoms with Gasteiger partial charge in [-0.15, -0.1) is 12.4 Å². The number of methoxy groups -OCH3 is 2. The fourth-order valence-corrected chi connectivity index (χ4v) is 4.49. The minimum Gasteiger partial charge on any atom is -0.493 e. The molecule has 0 bridgehead atoms. The summed E-state index contributed by atoms with van der Waals surface area (Å²) in [4.78, 5) is 32.2. The van der Waals surface area contributed by atoms with Gasteiger partial charge in [-0.25, -0.2) is 13.8 Å². The molecular weight excluding hydrogens is 506 g/mol. The van der Waals surface area contributed by atoms with E-state index in [0.29, 0.717) is 25.7 Å². The zero-order chi connectivity index (χ0) is 25.0. The zero-order valence-electron chi connectivity index (χ0n) is 19.5. The molecule has 0 saturated carbocycles. The van der Waals surface area contributed by atoms with Crippen LogP contribution in [0, 0.1) is 21.7 Å². The number of thiazole rings is 1. The van der Waals surface area contributed by atoms with Gasteiger partial charge in [-0.1, -0.05) is 25.2 Å². The van der Waals surface area contributed by atoms with Gasteiger partial charge in [-0.2, -0.15) is 0 Å². The van der Waals surface area contributed by atoms with Crippen LogP contribution in [0.15, 0.2) is 24.3 Å². The maximum Gasteiger partial charge on any atom is 0.286 e. The molecule has 13 heteroatoms. The van der Waals surface area contributed by atoms with Crippen LogP contribution in [-0.2, 0) is 0 Å². The first-order valence-electron chi connectivity index (χ1n) is 10.4. The number of anilines is 1. The Hall–Kier alpha value is -3.09. The zero-order valence-corrected chi connectivity index (χ0v) is 21.2. The molecular formula is C22H25ClF2N4O5S. The van der Waals surface area contributed by atoms with Gasteiger partial charge in [0.05, 0.1) is 29.9 Å². The van der Waals surface area contributed by atoms with Crippen molar-refractivity contribution in [2.45, 2.75) is 13.8 Å². The highest BCUT2D eigenvalue weighted by Crippen LogP contribution is 2.37. The van der Waals surface area contributed by atoms with Crippen molar-refractivity contribution >= 4 is 50.7 Å². The second kappa shape index (κ2) is 12.0. The Labute approximate surface area is 210 Å². The van der Waals surface area contributed by atoms with E-state index in [4.69, 9.17) is 9.47 Å². The number of benzene rings is 2. The van der Waals surface area contributed by atoms with Crippen LogP contribution in [-0.4, -0.2) is 61.1 Å². The summed E-state index contributed by atoms with van der Waals surface area (Å²) in [5, 5.41) is 11.9. The minimum absolute atomic E-state index is 0. The molecule has 0 N–H and O–H groups in total. The van der Waals surface area contributed by atoms with Crippen LogP contribution in [0.2, 0.25) is 0 Å². The number of hydrogen-bond donors (Lipinski definition) is 0. The minimum atomic E-state index is -0.856. The van der Waals surface area contributed by atoms with Crippen molar-refractivity contribution in [2.75, 3.05) is 45.3 Å². The van der Waals surface area contributed by atoms with Gasteiger partial charge in [0, 0.05) is 25.2 Å². The van der Waals surface area contributed by atoms with E-state index in [1.54, 1.807) is 0 Å². The number of amides is 1. The number of carbonyl (C=O) groups excluding carboxylic acids is 1. The average Bonchev–Trinajstić information content (AvgIpc) is 3.24.